The number of pyridine rings is 1. The van der Waals surface area contributed by atoms with E-state index in [4.69, 9.17) is 16.3 Å². The summed E-state index contributed by atoms with van der Waals surface area (Å²) in [4.78, 5) is 13.2. The molecule has 0 unspecified atom stereocenters. The molecular formula is C61H54N5OPt-3. The minimum Gasteiger partial charge on any atom is -0.509 e. The van der Waals surface area contributed by atoms with Crippen LogP contribution < -0.4 is 14.5 Å². The third-order valence-corrected chi connectivity index (χ3v) is 12.8. The normalized spacial score (nSPS) is 12.8. The van der Waals surface area contributed by atoms with E-state index in [9.17, 15) is 0 Å². The molecule has 1 aliphatic rings. The fraction of sp³-hybridized carbons (Fsp3) is 0.197. The summed E-state index contributed by atoms with van der Waals surface area (Å²) in [5.41, 5.74) is 14.3. The fourth-order valence-electron chi connectivity index (χ4n) is 8.99. The topological polar surface area (TPSA) is 37.9 Å². The largest absolute Gasteiger partial charge is 0.509 e. The van der Waals surface area contributed by atoms with E-state index in [1.165, 1.54) is 16.7 Å². The minimum absolute atomic E-state index is 0. The Balaban J connectivity index is 0.00000578. The Morgan fingerprint density at radius 1 is 0.574 bits per heavy atom. The van der Waals surface area contributed by atoms with Gasteiger partial charge in [0.2, 0.25) is 0 Å². The summed E-state index contributed by atoms with van der Waals surface area (Å²) in [6, 6.07) is 60.2. The molecule has 7 heteroatoms. The molecule has 3 heterocycles. The van der Waals surface area contributed by atoms with E-state index < -0.39 is 0 Å². The predicted octanol–water partition coefficient (Wildman–Crippen LogP) is 16.8. The average molecular weight is 1070 g/mol. The molecule has 0 saturated heterocycles. The van der Waals surface area contributed by atoms with Crippen molar-refractivity contribution in [1.82, 2.24) is 9.55 Å². The standard InChI is InChI=1S/C61H54N5O.Pt/c1-59(2,3)43-29-30-63-57(36-43)66-54-28-25-41(40-17-12-11-13-18-40)32-53(54)52-27-26-50(38-56(52)66)67-49-22-15-21-47(37-49)64-39-65(48-34-44(60(4,5)6)33-45(35-48)61(7,8)9)58-51(23-16-24-55(58)64)42-19-14-20-46(31-42)62-10;/h11-36,39H,1-9H3;/q-3;. The van der Waals surface area contributed by atoms with Crippen molar-refractivity contribution in [2.75, 3.05) is 9.80 Å². The molecule has 0 spiro atoms. The van der Waals surface area contributed by atoms with Gasteiger partial charge in [0.25, 0.3) is 0 Å². The Morgan fingerprint density at radius 2 is 1.26 bits per heavy atom. The summed E-state index contributed by atoms with van der Waals surface area (Å²) in [5, 5.41) is 2.18. The zero-order chi connectivity index (χ0) is 46.8. The Hall–Kier alpha value is -6.93. The van der Waals surface area contributed by atoms with Crippen LogP contribution in [-0.4, -0.2) is 9.55 Å². The molecule has 6 nitrogen and oxygen atoms in total. The van der Waals surface area contributed by atoms with Crippen molar-refractivity contribution in [2.24, 2.45) is 0 Å². The van der Waals surface area contributed by atoms with Gasteiger partial charge in [0, 0.05) is 66.9 Å². The van der Waals surface area contributed by atoms with Crippen LogP contribution in [0, 0.1) is 25.4 Å². The molecule has 0 amide bonds. The molecule has 0 fully saturated rings. The van der Waals surface area contributed by atoms with E-state index >= 15 is 0 Å². The SMILES string of the molecule is [C-]#[N+]c1cccc(-c2cccc3c2N(c2cc(C(C)(C)C)cc(C(C)(C)C)c2)[CH-]N3c2[c-]c(Oc3[c-]c4c(cc3)c3cc(-c5ccccc5)ccc3n4-c3cc(C(C)(C)C)ccn3)ccc2)c1.[Pt]. The molecule has 2 aromatic heterocycles. The number of anilines is 4. The van der Waals surface area contributed by atoms with Crippen LogP contribution in [0.2, 0.25) is 0 Å². The van der Waals surface area contributed by atoms with E-state index in [1.54, 1.807) is 0 Å². The number of hydrogen-bond donors (Lipinski definition) is 0. The zero-order valence-corrected chi connectivity index (χ0v) is 42.3. The molecule has 0 radical (unpaired) electrons. The van der Waals surface area contributed by atoms with Crippen LogP contribution in [-0.2, 0) is 37.3 Å². The molecule has 0 atom stereocenters. The van der Waals surface area contributed by atoms with Crippen molar-refractivity contribution < 1.29 is 25.8 Å². The number of hydrogen-bond acceptors (Lipinski definition) is 4. The van der Waals surface area contributed by atoms with E-state index in [2.05, 4.69) is 210 Å². The average Bonchev–Trinajstić information content (AvgIpc) is 3.87. The van der Waals surface area contributed by atoms with Crippen molar-refractivity contribution in [3.63, 3.8) is 0 Å². The Bertz CT molecular complexity index is 3370. The number of para-hydroxylation sites is 1. The molecule has 0 saturated carbocycles. The van der Waals surface area contributed by atoms with E-state index in [-0.39, 0.29) is 37.3 Å². The Morgan fingerprint density at radius 3 is 1.99 bits per heavy atom. The van der Waals surface area contributed by atoms with Gasteiger partial charge < -0.3 is 19.1 Å². The van der Waals surface area contributed by atoms with Gasteiger partial charge in [-0.05, 0) is 97.5 Å². The summed E-state index contributed by atoms with van der Waals surface area (Å²) in [5.74, 6) is 1.97. The van der Waals surface area contributed by atoms with Gasteiger partial charge in [-0.15, -0.1) is 48.1 Å². The van der Waals surface area contributed by atoms with Gasteiger partial charge in [0.1, 0.15) is 5.82 Å². The summed E-state index contributed by atoms with van der Waals surface area (Å²) in [6.45, 7) is 30.3. The van der Waals surface area contributed by atoms with Crippen LogP contribution in [0.3, 0.4) is 0 Å². The second kappa shape index (κ2) is 17.6. The number of nitrogens with zero attached hydrogens (tertiary/aromatic N) is 5. The van der Waals surface area contributed by atoms with E-state index in [0.29, 0.717) is 17.2 Å². The maximum Gasteiger partial charge on any atom is 0.187 e. The van der Waals surface area contributed by atoms with Gasteiger partial charge >= 0.3 is 0 Å². The number of fused-ring (bicyclic) bond motifs is 4. The first-order valence-corrected chi connectivity index (χ1v) is 23.0. The van der Waals surface area contributed by atoms with Crippen LogP contribution >= 0.6 is 0 Å². The van der Waals surface area contributed by atoms with Crippen LogP contribution in [0.15, 0.2) is 158 Å². The van der Waals surface area contributed by atoms with E-state index in [0.717, 1.165) is 72.6 Å². The fourth-order valence-corrected chi connectivity index (χ4v) is 8.99. The van der Waals surface area contributed by atoms with Gasteiger partial charge in [-0.3, -0.25) is 0 Å². The van der Waals surface area contributed by atoms with Crippen LogP contribution in [0.4, 0.5) is 28.4 Å². The number of ether oxygens (including phenoxy) is 1. The molecule has 0 N–H and O–H groups in total. The van der Waals surface area contributed by atoms with Gasteiger partial charge in [0.05, 0.1) is 6.57 Å². The molecule has 0 bridgehead atoms. The Labute approximate surface area is 416 Å². The first-order chi connectivity index (χ1) is 32.0. The zero-order valence-electron chi connectivity index (χ0n) is 40.0. The van der Waals surface area contributed by atoms with Gasteiger partial charge in [-0.1, -0.05) is 147 Å². The van der Waals surface area contributed by atoms with Crippen molar-refractivity contribution in [3.05, 3.63) is 205 Å². The van der Waals surface area contributed by atoms with Gasteiger partial charge in [0.15, 0.2) is 5.69 Å². The van der Waals surface area contributed by atoms with E-state index in [1.807, 2.05) is 48.7 Å². The van der Waals surface area contributed by atoms with Crippen molar-refractivity contribution >= 4 is 50.2 Å². The first-order valence-electron chi connectivity index (χ1n) is 23.0. The molecule has 9 aromatic rings. The number of aromatic nitrogens is 2. The monoisotopic (exact) mass is 1070 g/mol. The summed E-state index contributed by atoms with van der Waals surface area (Å²) >= 11 is 0. The number of benzene rings is 7. The molecule has 10 rings (SSSR count). The second-order valence-corrected chi connectivity index (χ2v) is 20.6. The van der Waals surface area contributed by atoms with Crippen molar-refractivity contribution in [2.45, 2.75) is 78.6 Å². The quantitative estimate of drug-likeness (QED) is 0.149. The summed E-state index contributed by atoms with van der Waals surface area (Å²) in [6.07, 6.45) is 1.90. The number of rotatable bonds is 7. The summed E-state index contributed by atoms with van der Waals surface area (Å²) in [7, 11) is 0. The van der Waals surface area contributed by atoms with Crippen LogP contribution in [0.5, 0.6) is 11.5 Å². The third-order valence-electron chi connectivity index (χ3n) is 12.8. The molecule has 68 heavy (non-hydrogen) atoms. The second-order valence-electron chi connectivity index (χ2n) is 20.6. The maximum atomic E-state index is 7.80. The molecule has 0 aliphatic carbocycles. The van der Waals surface area contributed by atoms with Crippen LogP contribution in [0.25, 0.3) is 54.7 Å². The molecule has 1 aliphatic heterocycles. The van der Waals surface area contributed by atoms with Crippen molar-refractivity contribution in [3.8, 4) is 39.6 Å². The van der Waals surface area contributed by atoms with Gasteiger partial charge in [-0.2, -0.15) is 12.1 Å². The van der Waals surface area contributed by atoms with Crippen molar-refractivity contribution in [1.29, 1.82) is 0 Å². The minimum atomic E-state index is -0.0757. The van der Waals surface area contributed by atoms with Gasteiger partial charge in [-0.25, -0.2) is 9.83 Å². The molecule has 342 valence electrons. The van der Waals surface area contributed by atoms with Crippen LogP contribution in [0.1, 0.15) is 79.0 Å². The molecule has 7 aromatic carbocycles. The predicted molar refractivity (Wildman–Crippen MR) is 277 cm³/mol. The first kappa shape index (κ1) is 46.2. The maximum absolute atomic E-state index is 7.80. The summed E-state index contributed by atoms with van der Waals surface area (Å²) < 4.78 is 8.95. The molecular weight excluding hydrogens is 1010 g/mol. The smallest absolute Gasteiger partial charge is 0.187 e. The Kier molecular flexibility index (Phi) is 12.0. The third kappa shape index (κ3) is 8.73.